The van der Waals surface area contributed by atoms with E-state index >= 15 is 0 Å². The molecule has 2 atom stereocenters. The van der Waals surface area contributed by atoms with Crippen LogP contribution >= 0.6 is 11.3 Å². The number of carbonyl (C=O) groups excluding carboxylic acids is 2. The van der Waals surface area contributed by atoms with Crippen LogP contribution in [0.4, 0.5) is 0 Å². The number of thiophene rings is 1. The van der Waals surface area contributed by atoms with Crippen LogP contribution in [0, 0.1) is 30.1 Å². The minimum absolute atomic E-state index is 0.173. The molecule has 0 unspecified atom stereocenters. The first-order valence-corrected chi connectivity index (χ1v) is 10.8. The van der Waals surface area contributed by atoms with Crippen LogP contribution in [0.25, 0.3) is 0 Å². The Morgan fingerprint density at radius 3 is 2.60 bits per heavy atom. The monoisotopic (exact) mass is 359 g/mol. The predicted octanol–water partition coefficient (Wildman–Crippen LogP) is 4.58. The van der Waals surface area contributed by atoms with Gasteiger partial charge in [0, 0.05) is 23.3 Å². The fraction of sp³-hybridized carbons (Fsp3) is 0.714. The second-order valence-electron chi connectivity index (χ2n) is 8.63. The summed E-state index contributed by atoms with van der Waals surface area (Å²) in [5, 5.41) is 2.12. The van der Waals surface area contributed by atoms with E-state index in [0.29, 0.717) is 17.6 Å². The molecule has 25 heavy (non-hydrogen) atoms. The van der Waals surface area contributed by atoms with Crippen LogP contribution in [0.2, 0.25) is 0 Å². The van der Waals surface area contributed by atoms with Crippen molar-refractivity contribution in [1.29, 1.82) is 0 Å². The molecule has 0 aromatic carbocycles. The molecule has 1 aromatic heterocycles. The third-order valence-electron chi connectivity index (χ3n) is 6.82. The Labute approximate surface area is 154 Å². The van der Waals surface area contributed by atoms with Gasteiger partial charge >= 0.3 is 0 Å². The van der Waals surface area contributed by atoms with Gasteiger partial charge in [0.25, 0.3) is 0 Å². The smallest absolute Gasteiger partial charge is 0.229 e. The molecular formula is C21H29NO2S. The fourth-order valence-corrected chi connectivity index (χ4v) is 6.61. The van der Waals surface area contributed by atoms with E-state index in [0.717, 1.165) is 58.0 Å². The van der Waals surface area contributed by atoms with Gasteiger partial charge in [0.1, 0.15) is 5.78 Å². The van der Waals surface area contributed by atoms with Gasteiger partial charge in [-0.1, -0.05) is 13.3 Å². The number of unbranched alkanes of at least 4 members (excludes halogenated alkanes) is 1. The Hall–Kier alpha value is -1.16. The van der Waals surface area contributed by atoms with Gasteiger partial charge < -0.3 is 4.90 Å². The topological polar surface area (TPSA) is 37.4 Å². The molecule has 4 aliphatic rings. The molecule has 0 aliphatic heterocycles. The van der Waals surface area contributed by atoms with Crippen molar-refractivity contribution in [1.82, 2.24) is 4.90 Å². The van der Waals surface area contributed by atoms with Gasteiger partial charge in [-0.25, -0.2) is 0 Å². The summed E-state index contributed by atoms with van der Waals surface area (Å²) >= 11 is 1.76. The Kier molecular flexibility index (Phi) is 4.51. The van der Waals surface area contributed by atoms with Crippen molar-refractivity contribution < 1.29 is 9.59 Å². The van der Waals surface area contributed by atoms with Gasteiger partial charge in [-0.3, -0.25) is 9.59 Å². The second kappa shape index (κ2) is 6.53. The molecule has 5 rings (SSSR count). The van der Waals surface area contributed by atoms with Crippen molar-refractivity contribution in [3.05, 3.63) is 21.9 Å². The van der Waals surface area contributed by atoms with E-state index in [4.69, 9.17) is 0 Å². The van der Waals surface area contributed by atoms with Crippen LogP contribution in [0.15, 0.2) is 11.4 Å². The molecule has 0 radical (unpaired) electrons. The maximum absolute atomic E-state index is 13.7. The standard InChI is InChI=1S/C21H29NO2S/c1-3-4-6-22(13-18-14(2)5-7-25-18)20(24)21-10-15-8-16(11-21)19(23)17(9-15)12-21/h5,7,15-17H,3-4,6,8-13H2,1-2H3/t15?,16-,17-,21?/m0/s1. The maximum atomic E-state index is 13.7. The highest BCUT2D eigenvalue weighted by Gasteiger charge is 2.58. The molecular weight excluding hydrogens is 330 g/mol. The minimum atomic E-state index is -0.233. The number of nitrogens with zero attached hydrogens (tertiary/aromatic N) is 1. The van der Waals surface area contributed by atoms with Gasteiger partial charge in [-0.05, 0) is 68.4 Å². The normalized spacial score (nSPS) is 33.0. The highest BCUT2D eigenvalue weighted by molar-refractivity contribution is 7.10. The molecule has 3 nitrogen and oxygen atoms in total. The SMILES string of the molecule is CCCCN(Cc1sccc1C)C(=O)C12CC3C[C@@H](C1)C(=O)[C@@H](C3)C2. The maximum Gasteiger partial charge on any atom is 0.229 e. The average Bonchev–Trinajstić information content (AvgIpc) is 2.99. The number of amides is 1. The van der Waals surface area contributed by atoms with Crippen molar-refractivity contribution in [3.8, 4) is 0 Å². The van der Waals surface area contributed by atoms with Gasteiger partial charge in [0.15, 0.2) is 0 Å². The van der Waals surface area contributed by atoms with Crippen molar-refractivity contribution in [2.75, 3.05) is 6.54 Å². The van der Waals surface area contributed by atoms with Crippen LogP contribution < -0.4 is 0 Å². The Balaban J connectivity index is 1.57. The number of aryl methyl sites for hydroxylation is 1. The molecule has 4 heteroatoms. The van der Waals surface area contributed by atoms with E-state index in [1.807, 2.05) is 0 Å². The molecule has 1 heterocycles. The second-order valence-corrected chi connectivity index (χ2v) is 9.63. The molecule has 4 saturated carbocycles. The molecule has 0 spiro atoms. The van der Waals surface area contributed by atoms with Gasteiger partial charge in [-0.2, -0.15) is 0 Å². The first-order chi connectivity index (χ1) is 12.0. The third-order valence-corrected chi connectivity index (χ3v) is 7.83. The van der Waals surface area contributed by atoms with Crippen LogP contribution in [-0.4, -0.2) is 23.1 Å². The molecule has 136 valence electrons. The van der Waals surface area contributed by atoms with Crippen molar-refractivity contribution in [2.45, 2.75) is 65.3 Å². The van der Waals surface area contributed by atoms with Crippen molar-refractivity contribution >= 4 is 23.0 Å². The number of carbonyl (C=O) groups is 2. The predicted molar refractivity (Wildman–Crippen MR) is 100 cm³/mol. The lowest BCUT2D eigenvalue weighted by Gasteiger charge is -2.55. The lowest BCUT2D eigenvalue weighted by atomic mass is 9.48. The number of Topliss-reactive ketones (excluding diaryl/α,β-unsaturated/α-hetero) is 1. The molecule has 4 bridgehead atoms. The molecule has 1 amide bonds. The van der Waals surface area contributed by atoms with Crippen LogP contribution in [0.1, 0.15) is 62.3 Å². The van der Waals surface area contributed by atoms with E-state index in [-0.39, 0.29) is 17.3 Å². The van der Waals surface area contributed by atoms with E-state index in [2.05, 4.69) is 30.2 Å². The highest BCUT2D eigenvalue weighted by atomic mass is 32.1. The van der Waals surface area contributed by atoms with Gasteiger partial charge in [0.2, 0.25) is 5.91 Å². The van der Waals surface area contributed by atoms with Crippen LogP contribution in [0.5, 0.6) is 0 Å². The number of hydrogen-bond donors (Lipinski definition) is 0. The minimum Gasteiger partial charge on any atom is -0.337 e. The summed E-state index contributed by atoms with van der Waals surface area (Å²) in [7, 11) is 0. The Bertz CT molecular complexity index is 661. The lowest BCUT2D eigenvalue weighted by Crippen LogP contribution is -2.57. The highest BCUT2D eigenvalue weighted by Crippen LogP contribution is 2.59. The summed E-state index contributed by atoms with van der Waals surface area (Å²) in [6, 6.07) is 2.14. The average molecular weight is 360 g/mol. The van der Waals surface area contributed by atoms with E-state index in [1.54, 1.807) is 11.3 Å². The first-order valence-electron chi connectivity index (χ1n) is 9.88. The van der Waals surface area contributed by atoms with Crippen LogP contribution in [-0.2, 0) is 16.1 Å². The van der Waals surface area contributed by atoms with Gasteiger partial charge in [0.05, 0.1) is 12.0 Å². The van der Waals surface area contributed by atoms with E-state index in [9.17, 15) is 9.59 Å². The summed E-state index contributed by atoms with van der Waals surface area (Å²) in [5.74, 6) is 1.77. The summed E-state index contributed by atoms with van der Waals surface area (Å²) in [4.78, 5) is 29.6. The van der Waals surface area contributed by atoms with Gasteiger partial charge in [-0.15, -0.1) is 11.3 Å². The molecule has 0 N–H and O–H groups in total. The fourth-order valence-electron chi connectivity index (χ4n) is 5.69. The zero-order valence-corrected chi connectivity index (χ0v) is 16.2. The first kappa shape index (κ1) is 17.3. The van der Waals surface area contributed by atoms with Crippen LogP contribution in [0.3, 0.4) is 0 Å². The number of rotatable bonds is 6. The number of hydrogen-bond acceptors (Lipinski definition) is 3. The van der Waals surface area contributed by atoms with E-state index in [1.165, 1.54) is 10.4 Å². The van der Waals surface area contributed by atoms with Crippen molar-refractivity contribution in [2.24, 2.45) is 23.2 Å². The zero-order valence-electron chi connectivity index (χ0n) is 15.4. The van der Waals surface area contributed by atoms with E-state index < -0.39 is 0 Å². The largest absolute Gasteiger partial charge is 0.337 e. The quantitative estimate of drug-likeness (QED) is 0.745. The number of ketones is 1. The Morgan fingerprint density at radius 1 is 1.28 bits per heavy atom. The lowest BCUT2D eigenvalue weighted by molar-refractivity contribution is -0.164. The van der Waals surface area contributed by atoms with Crippen molar-refractivity contribution in [3.63, 3.8) is 0 Å². The third kappa shape index (κ3) is 2.97. The molecule has 1 aromatic rings. The molecule has 0 saturated heterocycles. The Morgan fingerprint density at radius 2 is 2.00 bits per heavy atom. The summed E-state index contributed by atoms with van der Waals surface area (Å²) < 4.78 is 0. The zero-order chi connectivity index (χ0) is 17.6. The molecule has 4 aliphatic carbocycles. The summed E-state index contributed by atoms with van der Waals surface area (Å²) in [5.41, 5.74) is 1.06. The summed E-state index contributed by atoms with van der Waals surface area (Å²) in [6.45, 7) is 5.92. The summed E-state index contributed by atoms with van der Waals surface area (Å²) in [6.07, 6.45) is 6.92. The molecule has 4 fully saturated rings.